The molecule has 1 aromatic rings. The normalized spacial score (nSPS) is 9.88. The standard InChI is InChI=1S/C11H13F2N3/c1-2-16(5-3-4-14)11-9(12)6-8(15)7-10(11)13/h6-7H,2-3,5,15H2,1H3. The predicted molar refractivity (Wildman–Crippen MR) is 58.9 cm³/mol. The van der Waals surface area contributed by atoms with Crippen molar-refractivity contribution in [3.8, 4) is 6.07 Å². The molecule has 0 spiro atoms. The van der Waals surface area contributed by atoms with Crippen molar-refractivity contribution in [3.05, 3.63) is 23.8 Å². The molecule has 0 aromatic heterocycles. The first-order valence-corrected chi connectivity index (χ1v) is 4.96. The van der Waals surface area contributed by atoms with Crippen LogP contribution in [0.15, 0.2) is 12.1 Å². The largest absolute Gasteiger partial charge is 0.399 e. The second kappa shape index (κ2) is 5.31. The zero-order chi connectivity index (χ0) is 12.1. The van der Waals surface area contributed by atoms with Crippen molar-refractivity contribution in [2.45, 2.75) is 13.3 Å². The van der Waals surface area contributed by atoms with Gasteiger partial charge in [0.1, 0.15) is 5.69 Å². The highest BCUT2D eigenvalue weighted by Gasteiger charge is 2.16. The van der Waals surface area contributed by atoms with Crippen LogP contribution in [-0.2, 0) is 0 Å². The van der Waals surface area contributed by atoms with E-state index in [4.69, 9.17) is 11.0 Å². The number of nitrogens with zero attached hydrogens (tertiary/aromatic N) is 2. The van der Waals surface area contributed by atoms with E-state index in [0.717, 1.165) is 12.1 Å². The van der Waals surface area contributed by atoms with E-state index in [1.54, 1.807) is 6.92 Å². The van der Waals surface area contributed by atoms with E-state index in [1.807, 2.05) is 6.07 Å². The van der Waals surface area contributed by atoms with Crippen molar-refractivity contribution >= 4 is 11.4 Å². The molecular formula is C11H13F2N3. The van der Waals surface area contributed by atoms with Gasteiger partial charge in [-0.05, 0) is 19.1 Å². The predicted octanol–water partition coefficient (Wildman–Crippen LogP) is 2.29. The topological polar surface area (TPSA) is 53.0 Å². The van der Waals surface area contributed by atoms with E-state index >= 15 is 0 Å². The van der Waals surface area contributed by atoms with Crippen LogP contribution < -0.4 is 10.6 Å². The lowest BCUT2D eigenvalue weighted by molar-refractivity contribution is 0.573. The smallest absolute Gasteiger partial charge is 0.151 e. The van der Waals surface area contributed by atoms with E-state index in [-0.39, 0.29) is 17.8 Å². The highest BCUT2D eigenvalue weighted by Crippen LogP contribution is 2.25. The number of nitriles is 1. The Kier molecular flexibility index (Phi) is 4.06. The van der Waals surface area contributed by atoms with Crippen molar-refractivity contribution < 1.29 is 8.78 Å². The number of nitrogen functional groups attached to an aromatic ring is 1. The summed E-state index contributed by atoms with van der Waals surface area (Å²) in [5.74, 6) is -1.39. The fourth-order valence-electron chi connectivity index (χ4n) is 1.50. The molecule has 0 heterocycles. The quantitative estimate of drug-likeness (QED) is 0.800. The molecule has 0 aliphatic carbocycles. The monoisotopic (exact) mass is 225 g/mol. The Morgan fingerprint density at radius 3 is 2.38 bits per heavy atom. The highest BCUT2D eigenvalue weighted by atomic mass is 19.1. The van der Waals surface area contributed by atoms with Gasteiger partial charge in [-0.2, -0.15) is 5.26 Å². The lowest BCUT2D eigenvalue weighted by atomic mass is 10.2. The summed E-state index contributed by atoms with van der Waals surface area (Å²) in [5, 5.41) is 8.46. The molecule has 0 fully saturated rings. The van der Waals surface area contributed by atoms with E-state index in [2.05, 4.69) is 0 Å². The molecule has 5 heteroatoms. The molecule has 86 valence electrons. The maximum Gasteiger partial charge on any atom is 0.151 e. The number of nitrogens with two attached hydrogens (primary N) is 1. The van der Waals surface area contributed by atoms with Gasteiger partial charge in [-0.25, -0.2) is 8.78 Å². The molecule has 2 N–H and O–H groups in total. The van der Waals surface area contributed by atoms with E-state index in [9.17, 15) is 8.78 Å². The van der Waals surface area contributed by atoms with Gasteiger partial charge in [0.25, 0.3) is 0 Å². The summed E-state index contributed by atoms with van der Waals surface area (Å²) in [6.07, 6.45) is 0.219. The van der Waals surface area contributed by atoms with Gasteiger partial charge in [-0.3, -0.25) is 0 Å². The van der Waals surface area contributed by atoms with Gasteiger partial charge in [0.05, 0.1) is 12.5 Å². The van der Waals surface area contributed by atoms with Gasteiger partial charge in [0.15, 0.2) is 11.6 Å². The SMILES string of the molecule is CCN(CCC#N)c1c(F)cc(N)cc1F. The molecule has 0 atom stereocenters. The van der Waals surface area contributed by atoms with E-state index in [0.29, 0.717) is 13.1 Å². The average molecular weight is 225 g/mol. The molecule has 1 rings (SSSR count). The third-order valence-electron chi connectivity index (χ3n) is 2.23. The highest BCUT2D eigenvalue weighted by molar-refractivity contribution is 5.55. The van der Waals surface area contributed by atoms with Gasteiger partial charge in [-0.15, -0.1) is 0 Å². The van der Waals surface area contributed by atoms with Crippen LogP contribution in [0.5, 0.6) is 0 Å². The minimum absolute atomic E-state index is 0.0510. The van der Waals surface area contributed by atoms with Crippen molar-refractivity contribution in [2.75, 3.05) is 23.7 Å². The number of rotatable bonds is 4. The first-order valence-electron chi connectivity index (χ1n) is 4.96. The summed E-state index contributed by atoms with van der Waals surface area (Å²) in [7, 11) is 0. The van der Waals surface area contributed by atoms with Crippen molar-refractivity contribution in [1.82, 2.24) is 0 Å². The van der Waals surface area contributed by atoms with E-state index in [1.165, 1.54) is 4.90 Å². The number of benzene rings is 1. The second-order valence-electron chi connectivity index (χ2n) is 3.32. The number of anilines is 2. The minimum atomic E-state index is -0.697. The molecule has 0 saturated carbocycles. The minimum Gasteiger partial charge on any atom is -0.399 e. The van der Waals surface area contributed by atoms with Crippen LogP contribution in [0.2, 0.25) is 0 Å². The molecule has 0 radical (unpaired) electrons. The number of hydrogen-bond donors (Lipinski definition) is 1. The maximum atomic E-state index is 13.5. The summed E-state index contributed by atoms with van der Waals surface area (Å²) >= 11 is 0. The second-order valence-corrected chi connectivity index (χ2v) is 3.32. The molecular weight excluding hydrogens is 212 g/mol. The summed E-state index contributed by atoms with van der Waals surface area (Å²) < 4.78 is 27.1. The van der Waals surface area contributed by atoms with Gasteiger partial charge in [0, 0.05) is 18.8 Å². The third kappa shape index (κ3) is 2.60. The summed E-state index contributed by atoms with van der Waals surface area (Å²) in [6.45, 7) is 2.50. The van der Waals surface area contributed by atoms with Crippen LogP contribution in [0.4, 0.5) is 20.2 Å². The Hall–Kier alpha value is -1.83. The van der Waals surface area contributed by atoms with Crippen LogP contribution in [0.25, 0.3) is 0 Å². The first-order chi connectivity index (χ1) is 7.60. The van der Waals surface area contributed by atoms with Crippen LogP contribution in [0.1, 0.15) is 13.3 Å². The molecule has 0 aliphatic heterocycles. The lowest BCUT2D eigenvalue weighted by Crippen LogP contribution is -2.26. The number of halogens is 2. The molecule has 0 bridgehead atoms. The molecule has 3 nitrogen and oxygen atoms in total. The number of hydrogen-bond acceptors (Lipinski definition) is 3. The van der Waals surface area contributed by atoms with Crippen LogP contribution in [0.3, 0.4) is 0 Å². The molecule has 0 amide bonds. The van der Waals surface area contributed by atoms with E-state index < -0.39 is 11.6 Å². The first kappa shape index (κ1) is 12.2. The maximum absolute atomic E-state index is 13.5. The Balaban J connectivity index is 3.05. The van der Waals surface area contributed by atoms with Crippen LogP contribution >= 0.6 is 0 Å². The zero-order valence-corrected chi connectivity index (χ0v) is 9.00. The lowest BCUT2D eigenvalue weighted by Gasteiger charge is -2.23. The van der Waals surface area contributed by atoms with Crippen molar-refractivity contribution in [2.24, 2.45) is 0 Å². The van der Waals surface area contributed by atoms with Gasteiger partial charge in [0.2, 0.25) is 0 Å². The molecule has 1 aromatic carbocycles. The van der Waals surface area contributed by atoms with Crippen molar-refractivity contribution in [3.63, 3.8) is 0 Å². The summed E-state index contributed by atoms with van der Waals surface area (Å²) in [6, 6.07) is 4.09. The summed E-state index contributed by atoms with van der Waals surface area (Å²) in [5.41, 5.74) is 5.25. The van der Waals surface area contributed by atoms with Gasteiger partial charge < -0.3 is 10.6 Å². The van der Waals surface area contributed by atoms with Crippen LogP contribution in [0, 0.1) is 23.0 Å². The Labute approximate surface area is 93.1 Å². The van der Waals surface area contributed by atoms with Gasteiger partial charge >= 0.3 is 0 Å². The molecule has 0 aliphatic rings. The molecule has 0 saturated heterocycles. The fourth-order valence-corrected chi connectivity index (χ4v) is 1.50. The Morgan fingerprint density at radius 2 is 1.94 bits per heavy atom. The van der Waals surface area contributed by atoms with Crippen molar-refractivity contribution in [1.29, 1.82) is 5.26 Å². The third-order valence-corrected chi connectivity index (χ3v) is 2.23. The Bertz CT molecular complexity index is 389. The zero-order valence-electron chi connectivity index (χ0n) is 9.00. The van der Waals surface area contributed by atoms with Gasteiger partial charge in [-0.1, -0.05) is 0 Å². The fraction of sp³-hybridized carbons (Fsp3) is 0.364. The summed E-state index contributed by atoms with van der Waals surface area (Å²) in [4.78, 5) is 1.48. The Morgan fingerprint density at radius 1 is 1.38 bits per heavy atom. The molecule has 0 unspecified atom stereocenters. The van der Waals surface area contributed by atoms with Crippen LogP contribution in [-0.4, -0.2) is 13.1 Å². The average Bonchev–Trinajstić information content (AvgIpc) is 2.21. The molecule has 16 heavy (non-hydrogen) atoms.